The second-order valence-corrected chi connectivity index (χ2v) is 4.13. The topological polar surface area (TPSA) is 34.1 Å². The first-order chi connectivity index (χ1) is 8.95. The Morgan fingerprint density at radius 2 is 2.16 bits per heavy atom. The first kappa shape index (κ1) is 15.8. The van der Waals surface area contributed by atoms with Crippen molar-refractivity contribution >= 4 is 0 Å². The van der Waals surface area contributed by atoms with E-state index in [-0.39, 0.29) is 12.6 Å². The first-order valence-corrected chi connectivity index (χ1v) is 5.75. The lowest BCUT2D eigenvalue weighted by molar-refractivity contribution is -0.166. The number of pyridine rings is 1. The molecule has 1 N–H and O–H groups in total. The molecule has 19 heavy (non-hydrogen) atoms. The zero-order valence-electron chi connectivity index (χ0n) is 10.5. The molecule has 0 aliphatic carbocycles. The van der Waals surface area contributed by atoms with Crippen LogP contribution >= 0.6 is 0 Å². The maximum atomic E-state index is 12.6. The van der Waals surface area contributed by atoms with Gasteiger partial charge in [0.15, 0.2) is 0 Å². The maximum Gasteiger partial charge on any atom is 0.330 e. The fourth-order valence-electron chi connectivity index (χ4n) is 1.45. The van der Waals surface area contributed by atoms with Gasteiger partial charge in [0.25, 0.3) is 0 Å². The molecule has 0 radical (unpaired) electrons. The van der Waals surface area contributed by atoms with Gasteiger partial charge in [-0.25, -0.2) is 8.78 Å². The van der Waals surface area contributed by atoms with Crippen LogP contribution < -0.4 is 5.32 Å². The van der Waals surface area contributed by atoms with Crippen LogP contribution in [0.15, 0.2) is 24.5 Å². The summed E-state index contributed by atoms with van der Waals surface area (Å²) in [5.41, 5.74) is 0.908. The summed E-state index contributed by atoms with van der Waals surface area (Å²) in [6, 6.07) is 3.36. The Hall–Kier alpha value is -1.21. The number of hydrogen-bond donors (Lipinski definition) is 1. The predicted octanol–water partition coefficient (Wildman–Crippen LogP) is 2.13. The maximum absolute atomic E-state index is 12.6. The lowest BCUT2D eigenvalue weighted by atomic mass is 10.1. The number of halogens is 4. The van der Waals surface area contributed by atoms with Crippen LogP contribution in [0.1, 0.15) is 5.56 Å². The molecule has 0 amide bonds. The van der Waals surface area contributed by atoms with Crippen LogP contribution in [0.5, 0.6) is 0 Å². The molecular formula is C12H16F4N2O. The first-order valence-electron chi connectivity index (χ1n) is 5.75. The van der Waals surface area contributed by atoms with E-state index in [0.717, 1.165) is 5.56 Å². The Morgan fingerprint density at radius 1 is 1.42 bits per heavy atom. The number of rotatable bonds is 8. The molecule has 0 bridgehead atoms. The summed E-state index contributed by atoms with van der Waals surface area (Å²) in [6.07, 6.45) is 0.0825. The summed E-state index contributed by atoms with van der Waals surface area (Å²) in [4.78, 5) is 3.93. The molecule has 1 atom stereocenters. The average molecular weight is 280 g/mol. The quantitative estimate of drug-likeness (QED) is 0.741. The van der Waals surface area contributed by atoms with E-state index < -0.39 is 19.0 Å². The highest BCUT2D eigenvalue weighted by Gasteiger charge is 2.41. The fraction of sp³-hybridized carbons (Fsp3) is 0.583. The number of likely N-dealkylation sites (N-methyl/N-ethyl adjacent to an activating group) is 1. The second-order valence-electron chi connectivity index (χ2n) is 4.13. The van der Waals surface area contributed by atoms with Crippen molar-refractivity contribution in [3.63, 3.8) is 0 Å². The molecule has 1 rings (SSSR count). The van der Waals surface area contributed by atoms with E-state index in [0.29, 0.717) is 6.42 Å². The monoisotopic (exact) mass is 280 g/mol. The second kappa shape index (κ2) is 7.40. The van der Waals surface area contributed by atoms with E-state index in [2.05, 4.69) is 15.0 Å². The summed E-state index contributed by atoms with van der Waals surface area (Å²) in [5, 5.41) is 2.88. The van der Waals surface area contributed by atoms with E-state index in [1.165, 1.54) is 0 Å². The van der Waals surface area contributed by atoms with Gasteiger partial charge in [-0.05, 0) is 25.1 Å². The van der Waals surface area contributed by atoms with Gasteiger partial charge in [0.1, 0.15) is 6.61 Å². The normalized spacial score (nSPS) is 13.8. The van der Waals surface area contributed by atoms with E-state index >= 15 is 0 Å². The standard InChI is InChI=1S/C12H16F4N2O/c1-17-10(5-9-3-2-4-18-6-9)7-19-8-12(15,16)11(13)14/h2-4,6,10-11,17H,5,7-8H2,1H3. The molecule has 108 valence electrons. The number of alkyl halides is 4. The van der Waals surface area contributed by atoms with Crippen molar-refractivity contribution < 1.29 is 22.3 Å². The van der Waals surface area contributed by atoms with Crippen molar-refractivity contribution in [3.8, 4) is 0 Å². The molecule has 0 aliphatic rings. The Morgan fingerprint density at radius 3 is 2.68 bits per heavy atom. The van der Waals surface area contributed by atoms with Crippen LogP contribution in [0, 0.1) is 0 Å². The van der Waals surface area contributed by atoms with Gasteiger partial charge in [0.05, 0.1) is 6.61 Å². The summed E-state index contributed by atoms with van der Waals surface area (Å²) in [7, 11) is 1.65. The zero-order valence-corrected chi connectivity index (χ0v) is 10.5. The Bertz CT molecular complexity index is 362. The molecule has 0 saturated carbocycles. The van der Waals surface area contributed by atoms with E-state index in [9.17, 15) is 17.6 Å². The van der Waals surface area contributed by atoms with E-state index in [1.54, 1.807) is 25.5 Å². The number of nitrogens with zero attached hydrogens (tertiary/aromatic N) is 1. The highest BCUT2D eigenvalue weighted by atomic mass is 19.3. The fourth-order valence-corrected chi connectivity index (χ4v) is 1.45. The number of nitrogens with one attached hydrogen (secondary N) is 1. The van der Waals surface area contributed by atoms with Crippen molar-refractivity contribution in [1.82, 2.24) is 10.3 Å². The molecular weight excluding hydrogens is 264 g/mol. The van der Waals surface area contributed by atoms with Gasteiger partial charge < -0.3 is 10.1 Å². The van der Waals surface area contributed by atoms with Crippen LogP contribution in [0.4, 0.5) is 17.6 Å². The lowest BCUT2D eigenvalue weighted by Crippen LogP contribution is -2.37. The third-order valence-electron chi connectivity index (χ3n) is 2.55. The van der Waals surface area contributed by atoms with Crippen molar-refractivity contribution in [2.75, 3.05) is 20.3 Å². The third-order valence-corrected chi connectivity index (χ3v) is 2.55. The highest BCUT2D eigenvalue weighted by Crippen LogP contribution is 2.22. The van der Waals surface area contributed by atoms with Crippen molar-refractivity contribution in [2.45, 2.75) is 24.8 Å². The van der Waals surface area contributed by atoms with Crippen LogP contribution in [0.3, 0.4) is 0 Å². The molecule has 1 heterocycles. The molecule has 0 saturated heterocycles. The predicted molar refractivity (Wildman–Crippen MR) is 62.6 cm³/mol. The number of ether oxygens (including phenoxy) is 1. The highest BCUT2D eigenvalue weighted by molar-refractivity contribution is 5.10. The van der Waals surface area contributed by atoms with Crippen LogP contribution in [0.2, 0.25) is 0 Å². The molecule has 0 aliphatic heterocycles. The molecule has 1 aromatic rings. The van der Waals surface area contributed by atoms with Gasteiger partial charge in [-0.2, -0.15) is 8.78 Å². The van der Waals surface area contributed by atoms with Gasteiger partial charge >= 0.3 is 12.3 Å². The molecule has 1 unspecified atom stereocenters. The van der Waals surface area contributed by atoms with Crippen molar-refractivity contribution in [2.24, 2.45) is 0 Å². The molecule has 3 nitrogen and oxygen atoms in total. The van der Waals surface area contributed by atoms with Crippen molar-refractivity contribution in [3.05, 3.63) is 30.1 Å². The van der Waals surface area contributed by atoms with Gasteiger partial charge in [0, 0.05) is 18.4 Å². The minimum Gasteiger partial charge on any atom is -0.373 e. The third kappa shape index (κ3) is 5.52. The SMILES string of the molecule is CNC(COCC(F)(F)C(F)F)Cc1cccnc1. The number of hydrogen-bond acceptors (Lipinski definition) is 3. The Labute approximate surface area is 109 Å². The van der Waals surface area contributed by atoms with Gasteiger partial charge in [0.2, 0.25) is 0 Å². The summed E-state index contributed by atoms with van der Waals surface area (Å²) in [6.45, 7) is -1.36. The number of aromatic nitrogens is 1. The van der Waals surface area contributed by atoms with Gasteiger partial charge in [-0.1, -0.05) is 6.07 Å². The van der Waals surface area contributed by atoms with E-state index in [4.69, 9.17) is 0 Å². The van der Waals surface area contributed by atoms with Crippen LogP contribution in [-0.4, -0.2) is 43.6 Å². The zero-order chi connectivity index (χ0) is 14.3. The lowest BCUT2D eigenvalue weighted by Gasteiger charge is -2.19. The van der Waals surface area contributed by atoms with Crippen molar-refractivity contribution in [1.29, 1.82) is 0 Å². The van der Waals surface area contributed by atoms with Crippen LogP contribution in [0.25, 0.3) is 0 Å². The smallest absolute Gasteiger partial charge is 0.330 e. The summed E-state index contributed by atoms with van der Waals surface area (Å²) < 4.78 is 53.7. The summed E-state index contributed by atoms with van der Waals surface area (Å²) in [5.74, 6) is -4.10. The molecule has 1 aromatic heterocycles. The van der Waals surface area contributed by atoms with Gasteiger partial charge in [-0.15, -0.1) is 0 Å². The summed E-state index contributed by atoms with van der Waals surface area (Å²) >= 11 is 0. The molecule has 7 heteroatoms. The molecule has 0 aromatic carbocycles. The van der Waals surface area contributed by atoms with E-state index in [1.807, 2.05) is 6.07 Å². The van der Waals surface area contributed by atoms with Crippen LogP contribution in [-0.2, 0) is 11.2 Å². The minimum absolute atomic E-state index is 0.0757. The average Bonchev–Trinajstić information content (AvgIpc) is 2.38. The minimum atomic E-state index is -4.10. The largest absolute Gasteiger partial charge is 0.373 e. The Kier molecular flexibility index (Phi) is 6.17. The molecule has 0 fully saturated rings. The molecule has 0 spiro atoms. The Balaban J connectivity index is 2.38. The van der Waals surface area contributed by atoms with Gasteiger partial charge in [-0.3, -0.25) is 4.98 Å².